The molecule has 2 aromatic carbocycles. The van der Waals surface area contributed by atoms with Crippen molar-refractivity contribution in [2.45, 2.75) is 13.0 Å². The zero-order valence-electron chi connectivity index (χ0n) is 11.4. The smallest absolute Gasteiger partial charge is 0.134 e. The summed E-state index contributed by atoms with van der Waals surface area (Å²) in [5, 5.41) is 0. The summed E-state index contributed by atoms with van der Waals surface area (Å²) in [4.78, 5) is 0. The minimum Gasteiger partial charge on any atom is -0.497 e. The Morgan fingerprint density at radius 1 is 0.952 bits per heavy atom. The first kappa shape index (κ1) is 15.3. The maximum absolute atomic E-state index is 14.0. The number of aryl methyl sites for hydroxylation is 1. The normalized spacial score (nSPS) is 12.3. The molecule has 1 unspecified atom stereocenters. The molecule has 112 valence electrons. The molecular formula is C15H13F4NO. The molecule has 2 N–H and O–H groups in total. The SMILES string of the molecule is COc1cc(F)c(C(N)c2c(F)ccc(C)c2F)c(F)c1. The molecule has 0 saturated carbocycles. The van der Waals surface area contributed by atoms with Crippen molar-refractivity contribution in [1.82, 2.24) is 0 Å². The molecule has 2 aromatic rings. The molecule has 0 aliphatic rings. The highest BCUT2D eigenvalue weighted by molar-refractivity contribution is 5.40. The van der Waals surface area contributed by atoms with E-state index in [2.05, 4.69) is 0 Å². The van der Waals surface area contributed by atoms with Crippen LogP contribution in [0.15, 0.2) is 24.3 Å². The summed E-state index contributed by atoms with van der Waals surface area (Å²) in [5.74, 6) is -3.98. The van der Waals surface area contributed by atoms with E-state index in [-0.39, 0.29) is 11.3 Å². The van der Waals surface area contributed by atoms with Crippen LogP contribution in [0.3, 0.4) is 0 Å². The number of rotatable bonds is 3. The van der Waals surface area contributed by atoms with Crippen LogP contribution in [-0.2, 0) is 0 Å². The standard InChI is InChI=1S/C15H13F4NO/c1-7-3-4-9(16)13(14(7)19)15(20)12-10(17)5-8(21-2)6-11(12)18/h3-6,15H,20H2,1-2H3. The Morgan fingerprint density at radius 3 is 2.05 bits per heavy atom. The first-order valence-electron chi connectivity index (χ1n) is 6.09. The average Bonchev–Trinajstić information content (AvgIpc) is 2.42. The highest BCUT2D eigenvalue weighted by Crippen LogP contribution is 2.31. The van der Waals surface area contributed by atoms with Crippen molar-refractivity contribution in [1.29, 1.82) is 0 Å². The van der Waals surface area contributed by atoms with Crippen LogP contribution in [0.5, 0.6) is 5.75 Å². The lowest BCUT2D eigenvalue weighted by atomic mass is 9.96. The van der Waals surface area contributed by atoms with Gasteiger partial charge in [0.25, 0.3) is 0 Å². The zero-order chi connectivity index (χ0) is 15.7. The highest BCUT2D eigenvalue weighted by Gasteiger charge is 2.26. The summed E-state index contributed by atoms with van der Waals surface area (Å²) in [6.45, 7) is 1.41. The second-order valence-corrected chi connectivity index (χ2v) is 4.57. The van der Waals surface area contributed by atoms with Crippen LogP contribution in [0.4, 0.5) is 17.6 Å². The second-order valence-electron chi connectivity index (χ2n) is 4.57. The predicted molar refractivity (Wildman–Crippen MR) is 70.0 cm³/mol. The van der Waals surface area contributed by atoms with Crippen LogP contribution < -0.4 is 10.5 Å². The first-order valence-corrected chi connectivity index (χ1v) is 6.09. The Hall–Kier alpha value is -2.08. The Labute approximate surface area is 119 Å². The van der Waals surface area contributed by atoms with E-state index >= 15 is 0 Å². The molecule has 0 spiro atoms. The van der Waals surface area contributed by atoms with Crippen LogP contribution in [-0.4, -0.2) is 7.11 Å². The fraction of sp³-hybridized carbons (Fsp3) is 0.200. The highest BCUT2D eigenvalue weighted by atomic mass is 19.1. The van der Waals surface area contributed by atoms with Crippen LogP contribution in [0.2, 0.25) is 0 Å². The van der Waals surface area contributed by atoms with E-state index in [0.717, 1.165) is 18.2 Å². The molecule has 0 aromatic heterocycles. The van der Waals surface area contributed by atoms with E-state index < -0.39 is 40.4 Å². The van der Waals surface area contributed by atoms with E-state index in [9.17, 15) is 17.6 Å². The van der Waals surface area contributed by atoms with Gasteiger partial charge in [-0.1, -0.05) is 6.07 Å². The molecule has 0 amide bonds. The molecule has 1 atom stereocenters. The predicted octanol–water partition coefficient (Wildman–Crippen LogP) is 3.61. The third-order valence-corrected chi connectivity index (χ3v) is 3.23. The van der Waals surface area contributed by atoms with E-state index in [0.29, 0.717) is 0 Å². The third-order valence-electron chi connectivity index (χ3n) is 3.23. The Morgan fingerprint density at radius 2 is 1.52 bits per heavy atom. The molecule has 0 radical (unpaired) electrons. The molecule has 0 bridgehead atoms. The van der Waals surface area contributed by atoms with Crippen LogP contribution in [0, 0.1) is 30.2 Å². The third kappa shape index (κ3) is 2.71. The largest absolute Gasteiger partial charge is 0.497 e. The monoisotopic (exact) mass is 299 g/mol. The minimum atomic E-state index is -1.60. The summed E-state index contributed by atoms with van der Waals surface area (Å²) in [7, 11) is 1.24. The van der Waals surface area contributed by atoms with Gasteiger partial charge >= 0.3 is 0 Å². The molecule has 21 heavy (non-hydrogen) atoms. The quantitative estimate of drug-likeness (QED) is 0.879. The lowest BCUT2D eigenvalue weighted by molar-refractivity contribution is 0.404. The van der Waals surface area contributed by atoms with Crippen molar-refractivity contribution < 1.29 is 22.3 Å². The van der Waals surface area contributed by atoms with Crippen molar-refractivity contribution in [3.8, 4) is 5.75 Å². The van der Waals surface area contributed by atoms with E-state index in [1.165, 1.54) is 20.1 Å². The fourth-order valence-electron chi connectivity index (χ4n) is 2.08. The van der Waals surface area contributed by atoms with Gasteiger partial charge in [-0.05, 0) is 18.6 Å². The maximum atomic E-state index is 14.0. The molecular weight excluding hydrogens is 286 g/mol. The summed E-state index contributed by atoms with van der Waals surface area (Å²) >= 11 is 0. The number of ether oxygens (including phenoxy) is 1. The van der Waals surface area contributed by atoms with Gasteiger partial charge in [-0.2, -0.15) is 0 Å². The maximum Gasteiger partial charge on any atom is 0.134 e. The van der Waals surface area contributed by atoms with Gasteiger partial charge < -0.3 is 10.5 Å². The van der Waals surface area contributed by atoms with Crippen LogP contribution in [0.25, 0.3) is 0 Å². The molecule has 0 heterocycles. The fourth-order valence-corrected chi connectivity index (χ4v) is 2.08. The number of halogens is 4. The average molecular weight is 299 g/mol. The summed E-state index contributed by atoms with van der Waals surface area (Å²) in [5.41, 5.74) is 4.63. The number of hydrogen-bond donors (Lipinski definition) is 1. The topological polar surface area (TPSA) is 35.2 Å². The van der Waals surface area contributed by atoms with Crippen LogP contribution in [0.1, 0.15) is 22.7 Å². The molecule has 2 nitrogen and oxygen atoms in total. The first-order chi connectivity index (χ1) is 9.86. The van der Waals surface area contributed by atoms with Gasteiger partial charge in [0.05, 0.1) is 13.2 Å². The molecule has 2 rings (SSSR count). The van der Waals surface area contributed by atoms with Crippen molar-refractivity contribution in [2.24, 2.45) is 5.73 Å². The minimum absolute atomic E-state index is 0.0499. The van der Waals surface area contributed by atoms with Crippen molar-refractivity contribution >= 4 is 0 Å². The van der Waals surface area contributed by atoms with Gasteiger partial charge in [0, 0.05) is 23.3 Å². The van der Waals surface area contributed by atoms with Gasteiger partial charge in [-0.25, -0.2) is 17.6 Å². The second kappa shape index (κ2) is 5.73. The Kier molecular flexibility index (Phi) is 4.18. The molecule has 0 saturated heterocycles. The molecule has 6 heteroatoms. The van der Waals surface area contributed by atoms with Crippen molar-refractivity contribution in [3.05, 3.63) is 64.2 Å². The number of benzene rings is 2. The summed E-state index contributed by atoms with van der Waals surface area (Å²) < 4.78 is 60.4. The lowest BCUT2D eigenvalue weighted by Gasteiger charge is -2.17. The van der Waals surface area contributed by atoms with E-state index in [4.69, 9.17) is 10.5 Å². The van der Waals surface area contributed by atoms with Gasteiger partial charge in [-0.15, -0.1) is 0 Å². The summed E-state index contributed by atoms with van der Waals surface area (Å²) in [6.07, 6.45) is 0. The number of hydrogen-bond acceptors (Lipinski definition) is 2. The molecule has 0 fully saturated rings. The van der Waals surface area contributed by atoms with Gasteiger partial charge in [0.2, 0.25) is 0 Å². The van der Waals surface area contributed by atoms with Gasteiger partial charge in [0.15, 0.2) is 0 Å². The van der Waals surface area contributed by atoms with Gasteiger partial charge in [-0.3, -0.25) is 0 Å². The summed E-state index contributed by atoms with van der Waals surface area (Å²) in [6, 6.07) is 2.44. The van der Waals surface area contributed by atoms with Crippen molar-refractivity contribution in [3.63, 3.8) is 0 Å². The Bertz CT molecular complexity index is 665. The number of methoxy groups -OCH3 is 1. The number of nitrogens with two attached hydrogens (primary N) is 1. The van der Waals surface area contributed by atoms with Crippen molar-refractivity contribution in [2.75, 3.05) is 7.11 Å². The van der Waals surface area contributed by atoms with E-state index in [1.54, 1.807) is 0 Å². The Balaban J connectivity index is 2.61. The van der Waals surface area contributed by atoms with Gasteiger partial charge in [0.1, 0.15) is 29.0 Å². The molecule has 0 aliphatic heterocycles. The zero-order valence-corrected chi connectivity index (χ0v) is 11.4. The van der Waals surface area contributed by atoms with E-state index in [1.807, 2.05) is 0 Å². The lowest BCUT2D eigenvalue weighted by Crippen LogP contribution is -2.19. The van der Waals surface area contributed by atoms with Crippen LogP contribution >= 0.6 is 0 Å². The molecule has 0 aliphatic carbocycles.